The van der Waals surface area contributed by atoms with E-state index < -0.39 is 0 Å². The lowest BCUT2D eigenvalue weighted by atomic mass is 10.1. The van der Waals surface area contributed by atoms with Gasteiger partial charge in [0.1, 0.15) is 5.82 Å². The van der Waals surface area contributed by atoms with E-state index in [2.05, 4.69) is 41.8 Å². The molecule has 3 rings (SSSR count). The van der Waals surface area contributed by atoms with Crippen LogP contribution in [0.25, 0.3) is 11.0 Å². The fourth-order valence-electron chi connectivity index (χ4n) is 2.87. The molecular weight excluding hydrogens is 341 g/mol. The number of benzene rings is 2. The van der Waals surface area contributed by atoms with Crippen LogP contribution in [0, 0.1) is 0 Å². The minimum Gasteiger partial charge on any atom is -0.328 e. The van der Waals surface area contributed by atoms with Crippen LogP contribution in [-0.2, 0) is 13.0 Å². The molecule has 0 spiro atoms. The predicted octanol–water partition coefficient (Wildman–Crippen LogP) is 4.89. The molecule has 0 unspecified atom stereocenters. The molecule has 0 N–H and O–H groups in total. The summed E-state index contributed by atoms with van der Waals surface area (Å²) in [5, 5.41) is 1.48. The van der Waals surface area contributed by atoms with E-state index in [1.54, 1.807) is 0 Å². The van der Waals surface area contributed by atoms with Crippen LogP contribution in [0.2, 0.25) is 10.0 Å². The quantitative estimate of drug-likeness (QED) is 0.623. The summed E-state index contributed by atoms with van der Waals surface area (Å²) in [7, 11) is 4.20. The Morgan fingerprint density at radius 1 is 1.00 bits per heavy atom. The number of fused-ring (bicyclic) bond motifs is 1. The first kappa shape index (κ1) is 17.3. The van der Waals surface area contributed by atoms with Crippen molar-refractivity contribution >= 4 is 34.2 Å². The van der Waals surface area contributed by atoms with Crippen molar-refractivity contribution in [3.8, 4) is 0 Å². The van der Waals surface area contributed by atoms with Crippen LogP contribution in [0.1, 0.15) is 17.8 Å². The highest BCUT2D eigenvalue weighted by molar-refractivity contribution is 6.31. The van der Waals surface area contributed by atoms with Crippen molar-refractivity contribution in [3.63, 3.8) is 0 Å². The second kappa shape index (κ2) is 7.56. The fourth-order valence-corrected chi connectivity index (χ4v) is 3.16. The Bertz CT molecular complexity index is 822. The zero-order chi connectivity index (χ0) is 17.1. The minimum atomic E-state index is 0.721. The summed E-state index contributed by atoms with van der Waals surface area (Å²) in [5.41, 5.74) is 3.30. The molecule has 3 nitrogen and oxygen atoms in total. The van der Waals surface area contributed by atoms with Gasteiger partial charge in [-0.05, 0) is 63.0 Å². The van der Waals surface area contributed by atoms with E-state index in [0.29, 0.717) is 0 Å². The molecule has 1 aromatic heterocycles. The molecule has 0 amide bonds. The number of rotatable bonds is 6. The molecule has 2 aromatic carbocycles. The Balaban J connectivity index is 1.93. The van der Waals surface area contributed by atoms with Crippen LogP contribution in [0.3, 0.4) is 0 Å². The van der Waals surface area contributed by atoms with Gasteiger partial charge in [0.15, 0.2) is 0 Å². The Kier molecular flexibility index (Phi) is 5.44. The Labute approximate surface area is 152 Å². The molecule has 0 fully saturated rings. The van der Waals surface area contributed by atoms with Gasteiger partial charge in [0.05, 0.1) is 11.0 Å². The van der Waals surface area contributed by atoms with Gasteiger partial charge in [0, 0.05) is 23.0 Å². The third kappa shape index (κ3) is 4.10. The molecule has 0 saturated carbocycles. The molecular formula is C19H21Cl2N3. The number of hydrogen-bond donors (Lipinski definition) is 0. The molecule has 0 radical (unpaired) electrons. The summed E-state index contributed by atoms with van der Waals surface area (Å²) < 4.78 is 2.31. The van der Waals surface area contributed by atoms with Crippen LogP contribution in [0.5, 0.6) is 0 Å². The number of hydrogen-bond acceptors (Lipinski definition) is 2. The molecule has 0 aliphatic heterocycles. The average Bonchev–Trinajstić information content (AvgIpc) is 2.86. The zero-order valence-electron chi connectivity index (χ0n) is 14.0. The molecule has 0 saturated heterocycles. The lowest BCUT2D eigenvalue weighted by Gasteiger charge is -2.12. The van der Waals surface area contributed by atoms with Crippen LogP contribution < -0.4 is 0 Å². The van der Waals surface area contributed by atoms with Crippen LogP contribution >= 0.6 is 23.2 Å². The SMILES string of the molecule is CN(C)CCCn1c(Cc2ccc(Cl)cc2)nc2cc(Cl)ccc21. The molecule has 0 atom stereocenters. The number of nitrogens with zero attached hydrogens (tertiary/aromatic N) is 3. The fraction of sp³-hybridized carbons (Fsp3) is 0.316. The van der Waals surface area contributed by atoms with Gasteiger partial charge in [-0.1, -0.05) is 35.3 Å². The second-order valence-corrected chi connectivity index (χ2v) is 7.15. The Morgan fingerprint density at radius 2 is 1.71 bits per heavy atom. The van der Waals surface area contributed by atoms with Crippen molar-refractivity contribution < 1.29 is 0 Å². The van der Waals surface area contributed by atoms with Gasteiger partial charge in [-0.3, -0.25) is 0 Å². The van der Waals surface area contributed by atoms with Crippen LogP contribution in [-0.4, -0.2) is 35.1 Å². The second-order valence-electron chi connectivity index (χ2n) is 6.27. The molecule has 24 heavy (non-hydrogen) atoms. The van der Waals surface area contributed by atoms with E-state index in [1.165, 1.54) is 5.56 Å². The van der Waals surface area contributed by atoms with Crippen LogP contribution in [0.15, 0.2) is 42.5 Å². The number of imidazole rings is 1. The Hall–Kier alpha value is -1.55. The number of aromatic nitrogens is 2. The summed E-state index contributed by atoms with van der Waals surface area (Å²) in [6.07, 6.45) is 1.86. The molecule has 1 heterocycles. The molecule has 3 aromatic rings. The van der Waals surface area contributed by atoms with E-state index in [4.69, 9.17) is 28.2 Å². The first-order valence-electron chi connectivity index (χ1n) is 8.07. The summed E-state index contributed by atoms with van der Waals surface area (Å²) in [4.78, 5) is 7.02. The maximum absolute atomic E-state index is 6.13. The van der Waals surface area contributed by atoms with Gasteiger partial charge in [0.25, 0.3) is 0 Å². The first-order chi connectivity index (χ1) is 11.5. The Morgan fingerprint density at radius 3 is 2.42 bits per heavy atom. The third-order valence-electron chi connectivity index (χ3n) is 4.05. The van der Waals surface area contributed by atoms with Gasteiger partial charge in [0.2, 0.25) is 0 Å². The highest BCUT2D eigenvalue weighted by Gasteiger charge is 2.12. The van der Waals surface area contributed by atoms with Crippen molar-refractivity contribution in [2.45, 2.75) is 19.4 Å². The summed E-state index contributed by atoms with van der Waals surface area (Å²) >= 11 is 12.1. The summed E-state index contributed by atoms with van der Waals surface area (Å²) in [5.74, 6) is 1.06. The number of aryl methyl sites for hydroxylation is 1. The van der Waals surface area contributed by atoms with Gasteiger partial charge >= 0.3 is 0 Å². The van der Waals surface area contributed by atoms with E-state index in [1.807, 2.05) is 24.3 Å². The molecule has 0 aliphatic carbocycles. The smallest absolute Gasteiger partial charge is 0.114 e. The maximum Gasteiger partial charge on any atom is 0.114 e. The lowest BCUT2D eigenvalue weighted by Crippen LogP contribution is -2.16. The topological polar surface area (TPSA) is 21.1 Å². The van der Waals surface area contributed by atoms with Gasteiger partial charge in [-0.25, -0.2) is 4.98 Å². The van der Waals surface area contributed by atoms with Gasteiger partial charge in [-0.15, -0.1) is 0 Å². The van der Waals surface area contributed by atoms with Gasteiger partial charge in [-0.2, -0.15) is 0 Å². The van der Waals surface area contributed by atoms with Crippen molar-refractivity contribution in [2.24, 2.45) is 0 Å². The summed E-state index contributed by atoms with van der Waals surface area (Å²) in [6, 6.07) is 13.9. The molecule has 5 heteroatoms. The van der Waals surface area contributed by atoms with Gasteiger partial charge < -0.3 is 9.47 Å². The van der Waals surface area contributed by atoms with E-state index in [-0.39, 0.29) is 0 Å². The summed E-state index contributed by atoms with van der Waals surface area (Å²) in [6.45, 7) is 1.99. The number of halogens is 2. The third-order valence-corrected chi connectivity index (χ3v) is 4.54. The van der Waals surface area contributed by atoms with E-state index >= 15 is 0 Å². The highest BCUT2D eigenvalue weighted by atomic mass is 35.5. The van der Waals surface area contributed by atoms with E-state index in [9.17, 15) is 0 Å². The molecule has 0 aliphatic rings. The van der Waals surface area contributed by atoms with Crippen molar-refractivity contribution in [1.29, 1.82) is 0 Å². The van der Waals surface area contributed by atoms with Crippen molar-refractivity contribution in [1.82, 2.24) is 14.5 Å². The first-order valence-corrected chi connectivity index (χ1v) is 8.82. The maximum atomic E-state index is 6.13. The zero-order valence-corrected chi connectivity index (χ0v) is 15.5. The standard InChI is InChI=1S/C19H21Cl2N3/c1-23(2)10-3-11-24-18-9-8-16(21)13-17(18)22-19(24)12-14-4-6-15(20)7-5-14/h4-9,13H,3,10-12H2,1-2H3. The van der Waals surface area contributed by atoms with Crippen molar-refractivity contribution in [2.75, 3.05) is 20.6 Å². The van der Waals surface area contributed by atoms with Crippen LogP contribution in [0.4, 0.5) is 0 Å². The molecule has 126 valence electrons. The average molecular weight is 362 g/mol. The predicted molar refractivity (Wildman–Crippen MR) is 102 cm³/mol. The van der Waals surface area contributed by atoms with Crippen molar-refractivity contribution in [3.05, 3.63) is 63.9 Å². The minimum absolute atomic E-state index is 0.721. The van der Waals surface area contributed by atoms with E-state index in [0.717, 1.165) is 52.8 Å². The monoisotopic (exact) mass is 361 g/mol. The highest BCUT2D eigenvalue weighted by Crippen LogP contribution is 2.23. The largest absolute Gasteiger partial charge is 0.328 e. The lowest BCUT2D eigenvalue weighted by molar-refractivity contribution is 0.386. The normalized spacial score (nSPS) is 11.5. The molecule has 0 bridgehead atoms.